The van der Waals surface area contributed by atoms with Crippen LogP contribution in [-0.4, -0.2) is 43.6 Å². The molecule has 0 radical (unpaired) electrons. The van der Waals surface area contributed by atoms with Gasteiger partial charge in [-0.2, -0.15) is 4.31 Å². The molecule has 0 saturated carbocycles. The van der Waals surface area contributed by atoms with Gasteiger partial charge in [-0.3, -0.25) is 0 Å². The molecule has 0 bridgehead atoms. The van der Waals surface area contributed by atoms with Crippen LogP contribution in [0.2, 0.25) is 0 Å². The van der Waals surface area contributed by atoms with Crippen molar-refractivity contribution in [3.8, 4) is 0 Å². The maximum Gasteiger partial charge on any atom is 0.215 e. The van der Waals surface area contributed by atoms with Crippen LogP contribution in [0.25, 0.3) is 0 Å². The normalized spacial score (nSPS) is 27.6. The van der Waals surface area contributed by atoms with E-state index in [0.717, 1.165) is 12.8 Å². The van der Waals surface area contributed by atoms with E-state index in [1.807, 2.05) is 20.8 Å². The zero-order chi connectivity index (χ0) is 13.1. The molecular formula is C12H26N2O2S. The van der Waals surface area contributed by atoms with Gasteiger partial charge in [0, 0.05) is 25.2 Å². The number of hydrogen-bond donors (Lipinski definition) is 1. The molecule has 1 fully saturated rings. The van der Waals surface area contributed by atoms with E-state index in [0.29, 0.717) is 25.0 Å². The lowest BCUT2D eigenvalue weighted by atomic mass is 9.94. The Morgan fingerprint density at radius 1 is 1.35 bits per heavy atom. The van der Waals surface area contributed by atoms with E-state index in [1.165, 1.54) is 0 Å². The molecule has 0 amide bonds. The second-order valence-electron chi connectivity index (χ2n) is 5.40. The second kappa shape index (κ2) is 6.16. The van der Waals surface area contributed by atoms with E-state index in [4.69, 9.17) is 0 Å². The van der Waals surface area contributed by atoms with Crippen molar-refractivity contribution in [1.82, 2.24) is 9.62 Å². The van der Waals surface area contributed by atoms with E-state index < -0.39 is 10.0 Å². The first-order valence-corrected chi connectivity index (χ1v) is 8.18. The van der Waals surface area contributed by atoms with E-state index >= 15 is 0 Å². The van der Waals surface area contributed by atoms with Gasteiger partial charge in [0.2, 0.25) is 10.0 Å². The molecule has 0 spiro atoms. The Balaban J connectivity index is 2.56. The summed E-state index contributed by atoms with van der Waals surface area (Å²) in [6.45, 7) is 9.44. The molecule has 2 atom stereocenters. The number of piperidine rings is 1. The van der Waals surface area contributed by atoms with Crippen molar-refractivity contribution in [2.75, 3.05) is 18.8 Å². The Kier molecular flexibility index (Phi) is 5.41. The topological polar surface area (TPSA) is 49.4 Å². The number of nitrogens with one attached hydrogen (secondary N) is 1. The van der Waals surface area contributed by atoms with Crippen LogP contribution in [-0.2, 0) is 10.0 Å². The van der Waals surface area contributed by atoms with Crippen LogP contribution < -0.4 is 5.32 Å². The molecule has 4 nitrogen and oxygen atoms in total. The van der Waals surface area contributed by atoms with Crippen LogP contribution in [0.3, 0.4) is 0 Å². The summed E-state index contributed by atoms with van der Waals surface area (Å²) in [4.78, 5) is 0. The molecule has 5 heteroatoms. The van der Waals surface area contributed by atoms with Gasteiger partial charge in [0.05, 0.1) is 5.75 Å². The minimum Gasteiger partial charge on any atom is -0.313 e. The maximum absolute atomic E-state index is 12.2. The van der Waals surface area contributed by atoms with Gasteiger partial charge in [-0.1, -0.05) is 20.8 Å². The van der Waals surface area contributed by atoms with Gasteiger partial charge in [-0.25, -0.2) is 8.42 Å². The number of sulfonamides is 1. The molecule has 0 aliphatic carbocycles. The largest absolute Gasteiger partial charge is 0.313 e. The molecule has 1 rings (SSSR count). The molecule has 0 aromatic rings. The standard InChI is InChI=1S/C12H26N2O2S/c1-10(2)13-7-9-17(15,16)14-8-5-6-11(3)12(14)4/h10-13H,5-9H2,1-4H3. The molecular weight excluding hydrogens is 236 g/mol. The zero-order valence-corrected chi connectivity index (χ0v) is 12.3. The van der Waals surface area contributed by atoms with Gasteiger partial charge in [-0.15, -0.1) is 0 Å². The fourth-order valence-electron chi connectivity index (χ4n) is 2.28. The summed E-state index contributed by atoms with van der Waals surface area (Å²) in [7, 11) is -3.09. The van der Waals surface area contributed by atoms with Crippen molar-refractivity contribution in [2.24, 2.45) is 5.92 Å². The zero-order valence-electron chi connectivity index (χ0n) is 11.4. The summed E-state index contributed by atoms with van der Waals surface area (Å²) in [5.74, 6) is 0.680. The summed E-state index contributed by atoms with van der Waals surface area (Å²) in [6.07, 6.45) is 2.12. The first-order valence-electron chi connectivity index (χ1n) is 6.57. The average Bonchev–Trinajstić information content (AvgIpc) is 2.21. The summed E-state index contributed by atoms with van der Waals surface area (Å²) in [5.41, 5.74) is 0. The molecule has 1 heterocycles. The highest BCUT2D eigenvalue weighted by Gasteiger charge is 2.32. The second-order valence-corrected chi connectivity index (χ2v) is 7.44. The first-order chi connectivity index (χ1) is 7.84. The Morgan fingerprint density at radius 3 is 2.59 bits per heavy atom. The average molecular weight is 262 g/mol. The van der Waals surface area contributed by atoms with Crippen LogP contribution >= 0.6 is 0 Å². The fourth-order valence-corrected chi connectivity index (χ4v) is 4.02. The van der Waals surface area contributed by atoms with E-state index in [9.17, 15) is 8.42 Å². The summed E-state index contributed by atoms with van der Waals surface area (Å²) in [6, 6.07) is 0.482. The minimum absolute atomic E-state index is 0.146. The van der Waals surface area contributed by atoms with Crippen molar-refractivity contribution in [2.45, 2.75) is 52.6 Å². The predicted octanol–water partition coefficient (Wildman–Crippen LogP) is 1.43. The van der Waals surface area contributed by atoms with Crippen molar-refractivity contribution in [3.05, 3.63) is 0 Å². The smallest absolute Gasteiger partial charge is 0.215 e. The van der Waals surface area contributed by atoms with Crippen molar-refractivity contribution in [1.29, 1.82) is 0 Å². The minimum atomic E-state index is -3.09. The highest BCUT2D eigenvalue weighted by molar-refractivity contribution is 7.89. The van der Waals surface area contributed by atoms with Crippen molar-refractivity contribution < 1.29 is 8.42 Å². The molecule has 17 heavy (non-hydrogen) atoms. The monoisotopic (exact) mass is 262 g/mol. The Morgan fingerprint density at radius 2 is 2.00 bits per heavy atom. The van der Waals surface area contributed by atoms with Gasteiger partial charge >= 0.3 is 0 Å². The Bertz CT molecular complexity index is 327. The van der Waals surface area contributed by atoms with Gasteiger partial charge < -0.3 is 5.32 Å². The van der Waals surface area contributed by atoms with Gasteiger partial charge in [-0.05, 0) is 25.7 Å². The van der Waals surface area contributed by atoms with Crippen LogP contribution in [0.15, 0.2) is 0 Å². The molecule has 2 unspecified atom stereocenters. The fraction of sp³-hybridized carbons (Fsp3) is 1.00. The molecule has 0 aromatic carbocycles. The van der Waals surface area contributed by atoms with Crippen LogP contribution in [0.4, 0.5) is 0 Å². The molecule has 1 aliphatic heterocycles. The third-order valence-electron chi connectivity index (χ3n) is 3.59. The molecule has 1 N–H and O–H groups in total. The first kappa shape index (κ1) is 14.9. The lowest BCUT2D eigenvalue weighted by Gasteiger charge is -2.36. The van der Waals surface area contributed by atoms with E-state index in [-0.39, 0.29) is 11.8 Å². The lowest BCUT2D eigenvalue weighted by molar-refractivity contribution is 0.202. The van der Waals surface area contributed by atoms with Crippen molar-refractivity contribution >= 4 is 10.0 Å². The van der Waals surface area contributed by atoms with E-state index in [2.05, 4.69) is 12.2 Å². The summed E-state index contributed by atoms with van der Waals surface area (Å²) in [5, 5.41) is 3.16. The van der Waals surface area contributed by atoms with Gasteiger partial charge in [0.15, 0.2) is 0 Å². The number of rotatable bonds is 5. The highest BCUT2D eigenvalue weighted by atomic mass is 32.2. The summed E-state index contributed by atoms with van der Waals surface area (Å²) >= 11 is 0. The molecule has 102 valence electrons. The third kappa shape index (κ3) is 4.23. The summed E-state index contributed by atoms with van der Waals surface area (Å²) < 4.78 is 26.1. The quantitative estimate of drug-likeness (QED) is 0.815. The Labute approximate surface area is 106 Å². The Hall–Kier alpha value is -0.130. The molecule has 0 aromatic heterocycles. The number of hydrogen-bond acceptors (Lipinski definition) is 3. The SMILES string of the molecule is CC(C)NCCS(=O)(=O)N1CCCC(C)C1C. The van der Waals surface area contributed by atoms with Crippen molar-refractivity contribution in [3.63, 3.8) is 0 Å². The molecule has 1 aliphatic rings. The maximum atomic E-state index is 12.2. The highest BCUT2D eigenvalue weighted by Crippen LogP contribution is 2.25. The van der Waals surface area contributed by atoms with E-state index in [1.54, 1.807) is 4.31 Å². The number of nitrogens with zero attached hydrogens (tertiary/aromatic N) is 1. The lowest BCUT2D eigenvalue weighted by Crippen LogP contribution is -2.48. The van der Waals surface area contributed by atoms with Gasteiger partial charge in [0.1, 0.15) is 0 Å². The molecule has 1 saturated heterocycles. The van der Waals surface area contributed by atoms with Crippen LogP contribution in [0.5, 0.6) is 0 Å². The third-order valence-corrected chi connectivity index (χ3v) is 5.54. The van der Waals surface area contributed by atoms with Crippen LogP contribution in [0, 0.1) is 5.92 Å². The predicted molar refractivity (Wildman–Crippen MR) is 71.5 cm³/mol. The van der Waals surface area contributed by atoms with Gasteiger partial charge in [0.25, 0.3) is 0 Å². The van der Waals surface area contributed by atoms with Crippen LogP contribution in [0.1, 0.15) is 40.5 Å².